The van der Waals surface area contributed by atoms with Gasteiger partial charge in [-0.3, -0.25) is 0 Å². The maximum atomic E-state index is 6.42. The van der Waals surface area contributed by atoms with Gasteiger partial charge in [0.25, 0.3) is 5.89 Å². The molecule has 3 heterocycles. The summed E-state index contributed by atoms with van der Waals surface area (Å²) in [5.74, 6) is 1.02. The lowest BCUT2D eigenvalue weighted by Gasteiger charge is -2.19. The summed E-state index contributed by atoms with van der Waals surface area (Å²) in [6.07, 6.45) is 3.61. The predicted octanol–water partition coefficient (Wildman–Crippen LogP) is 3.00. The number of pyridine rings is 1. The number of nitrogens with two attached hydrogens (primary N) is 1. The second kappa shape index (κ2) is 6.53. The number of hydrogen-bond acceptors (Lipinski definition) is 7. The minimum atomic E-state index is -0.795. The molecule has 4 aromatic rings. The maximum Gasteiger partial charge on any atom is 0.266 e. The molecular weight excluding hydrogens is 330 g/mol. The number of benzene rings is 1. The summed E-state index contributed by atoms with van der Waals surface area (Å²) in [4.78, 5) is 8.52. The molecular formula is C19H16N5O2. The highest BCUT2D eigenvalue weighted by atomic mass is 16.4. The molecule has 0 saturated heterocycles. The minimum Gasteiger partial charge on any atom is -0.443 e. The molecule has 1 aromatic carbocycles. The van der Waals surface area contributed by atoms with E-state index < -0.39 is 5.54 Å². The van der Waals surface area contributed by atoms with Crippen LogP contribution >= 0.6 is 0 Å². The Balaban J connectivity index is 1.61. The number of aromatic nitrogens is 4. The van der Waals surface area contributed by atoms with Gasteiger partial charge in [0.15, 0.2) is 0 Å². The molecule has 0 aliphatic rings. The van der Waals surface area contributed by atoms with Crippen molar-refractivity contribution < 1.29 is 8.83 Å². The van der Waals surface area contributed by atoms with Crippen molar-refractivity contribution >= 4 is 0 Å². The van der Waals surface area contributed by atoms with Gasteiger partial charge in [-0.1, -0.05) is 30.3 Å². The summed E-state index contributed by atoms with van der Waals surface area (Å²) < 4.78 is 11.1. The van der Waals surface area contributed by atoms with Gasteiger partial charge in [0.2, 0.25) is 11.8 Å². The summed E-state index contributed by atoms with van der Waals surface area (Å²) in [6.45, 7) is 1.86. The van der Waals surface area contributed by atoms with Crippen LogP contribution in [0.3, 0.4) is 0 Å². The molecule has 1 radical (unpaired) electrons. The normalized spacial score (nSPS) is 13.5. The maximum absolute atomic E-state index is 6.42. The second-order valence-corrected chi connectivity index (χ2v) is 6.17. The fourth-order valence-corrected chi connectivity index (χ4v) is 2.62. The van der Waals surface area contributed by atoms with E-state index in [1.54, 1.807) is 18.3 Å². The lowest BCUT2D eigenvalue weighted by Crippen LogP contribution is -2.35. The third-order valence-corrected chi connectivity index (χ3v) is 3.88. The van der Waals surface area contributed by atoms with Crippen LogP contribution in [0.5, 0.6) is 0 Å². The number of oxazole rings is 1. The quantitative estimate of drug-likeness (QED) is 0.592. The molecule has 0 aliphatic heterocycles. The molecule has 1 atom stereocenters. The standard InChI is InChI=1S/C19H16N5O2/c1-19(20,12-13-6-3-2-4-7-13)18-24-23-17(26-18)15-9-5-8-14(22-15)16-21-10-11-25-16/h2-4,6-11H,12,20H2,1H3/t19-/m0/s1. The molecule has 0 saturated carbocycles. The fourth-order valence-electron chi connectivity index (χ4n) is 2.62. The average molecular weight is 346 g/mol. The van der Waals surface area contributed by atoms with Gasteiger partial charge in [-0.05, 0) is 37.1 Å². The van der Waals surface area contributed by atoms with Crippen LogP contribution in [0.15, 0.2) is 63.8 Å². The van der Waals surface area contributed by atoms with Crippen molar-refractivity contribution in [2.75, 3.05) is 0 Å². The Kier molecular flexibility index (Phi) is 4.06. The van der Waals surface area contributed by atoms with Crippen molar-refractivity contribution in [2.45, 2.75) is 18.9 Å². The highest BCUT2D eigenvalue weighted by molar-refractivity contribution is 5.54. The van der Waals surface area contributed by atoms with E-state index in [4.69, 9.17) is 14.6 Å². The average Bonchev–Trinajstić information content (AvgIpc) is 3.35. The number of nitrogens with zero attached hydrogens (tertiary/aromatic N) is 4. The van der Waals surface area contributed by atoms with E-state index in [2.05, 4.69) is 26.2 Å². The van der Waals surface area contributed by atoms with E-state index in [0.29, 0.717) is 29.6 Å². The molecule has 2 N–H and O–H groups in total. The Hall–Kier alpha value is -3.32. The van der Waals surface area contributed by atoms with Crippen molar-refractivity contribution in [1.82, 2.24) is 20.2 Å². The lowest BCUT2D eigenvalue weighted by atomic mass is 9.94. The Labute approximate surface area is 149 Å². The Morgan fingerprint density at radius 3 is 2.58 bits per heavy atom. The van der Waals surface area contributed by atoms with E-state index in [9.17, 15) is 0 Å². The molecule has 0 fully saturated rings. The molecule has 0 bridgehead atoms. The van der Waals surface area contributed by atoms with Crippen molar-refractivity contribution in [1.29, 1.82) is 0 Å². The number of rotatable bonds is 5. The summed E-state index contributed by atoms with van der Waals surface area (Å²) in [5, 5.41) is 8.20. The molecule has 26 heavy (non-hydrogen) atoms. The largest absolute Gasteiger partial charge is 0.443 e. The molecule has 0 amide bonds. The van der Waals surface area contributed by atoms with Gasteiger partial charge in [-0.25, -0.2) is 9.97 Å². The second-order valence-electron chi connectivity index (χ2n) is 6.17. The monoisotopic (exact) mass is 346 g/mol. The molecule has 7 nitrogen and oxygen atoms in total. The first-order valence-electron chi connectivity index (χ1n) is 8.07. The van der Waals surface area contributed by atoms with Crippen LogP contribution in [0.25, 0.3) is 23.2 Å². The van der Waals surface area contributed by atoms with Crippen LogP contribution in [0.1, 0.15) is 18.4 Å². The zero-order chi connectivity index (χ0) is 18.0. The van der Waals surface area contributed by atoms with E-state index >= 15 is 0 Å². The summed E-state index contributed by atoms with van der Waals surface area (Å²) >= 11 is 0. The zero-order valence-electron chi connectivity index (χ0n) is 14.1. The van der Waals surface area contributed by atoms with Crippen molar-refractivity contribution in [3.05, 3.63) is 72.4 Å². The summed E-state index contributed by atoms with van der Waals surface area (Å²) in [7, 11) is 0. The fraction of sp³-hybridized carbons (Fsp3) is 0.158. The van der Waals surface area contributed by atoms with Crippen LogP contribution < -0.4 is 5.73 Å². The molecule has 129 valence electrons. The Morgan fingerprint density at radius 2 is 1.85 bits per heavy atom. The van der Waals surface area contributed by atoms with Crippen LogP contribution in [0.4, 0.5) is 0 Å². The van der Waals surface area contributed by atoms with Gasteiger partial charge in [0.05, 0.1) is 11.7 Å². The lowest BCUT2D eigenvalue weighted by molar-refractivity contribution is 0.355. The SMILES string of the molecule is C[C@](N)(Cc1ccccc1)c1nnc(-c2c[c]cc(-c3ncco3)n2)o1. The minimum absolute atomic E-state index is 0.273. The van der Waals surface area contributed by atoms with E-state index in [0.717, 1.165) is 5.56 Å². The van der Waals surface area contributed by atoms with E-state index in [-0.39, 0.29) is 5.89 Å². The van der Waals surface area contributed by atoms with Gasteiger partial charge >= 0.3 is 0 Å². The first kappa shape index (κ1) is 16.2. The molecule has 4 rings (SSSR count). The number of hydrogen-bond donors (Lipinski definition) is 1. The third-order valence-electron chi connectivity index (χ3n) is 3.88. The van der Waals surface area contributed by atoms with Crippen molar-refractivity contribution in [3.8, 4) is 23.2 Å². The van der Waals surface area contributed by atoms with Crippen LogP contribution in [0.2, 0.25) is 0 Å². The highest BCUT2D eigenvalue weighted by Gasteiger charge is 2.29. The van der Waals surface area contributed by atoms with Crippen molar-refractivity contribution in [2.24, 2.45) is 5.73 Å². The Morgan fingerprint density at radius 1 is 1.08 bits per heavy atom. The summed E-state index contributed by atoms with van der Waals surface area (Å²) in [5.41, 5.74) is 7.73. The van der Waals surface area contributed by atoms with E-state index in [1.165, 1.54) is 6.26 Å². The molecule has 0 spiro atoms. The van der Waals surface area contributed by atoms with Gasteiger partial charge < -0.3 is 14.6 Å². The smallest absolute Gasteiger partial charge is 0.266 e. The first-order chi connectivity index (χ1) is 12.6. The van der Waals surface area contributed by atoms with Crippen LogP contribution in [-0.2, 0) is 12.0 Å². The zero-order valence-corrected chi connectivity index (χ0v) is 14.1. The predicted molar refractivity (Wildman–Crippen MR) is 93.5 cm³/mol. The topological polar surface area (TPSA) is 104 Å². The van der Waals surface area contributed by atoms with Gasteiger partial charge in [-0.15, -0.1) is 10.2 Å². The van der Waals surface area contributed by atoms with Crippen molar-refractivity contribution in [3.63, 3.8) is 0 Å². The van der Waals surface area contributed by atoms with Crippen LogP contribution in [-0.4, -0.2) is 20.2 Å². The highest BCUT2D eigenvalue weighted by Crippen LogP contribution is 2.26. The third kappa shape index (κ3) is 3.25. The molecule has 0 aliphatic carbocycles. The van der Waals surface area contributed by atoms with Crippen LogP contribution in [0, 0.1) is 6.07 Å². The van der Waals surface area contributed by atoms with Gasteiger partial charge in [0, 0.05) is 0 Å². The molecule has 0 unspecified atom stereocenters. The molecule has 7 heteroatoms. The Bertz CT molecular complexity index is 994. The summed E-state index contributed by atoms with van der Waals surface area (Å²) in [6, 6.07) is 16.3. The van der Waals surface area contributed by atoms with E-state index in [1.807, 2.05) is 37.3 Å². The first-order valence-corrected chi connectivity index (χ1v) is 8.07. The molecule has 3 aromatic heterocycles. The van der Waals surface area contributed by atoms with Gasteiger partial charge in [0.1, 0.15) is 17.7 Å². The van der Waals surface area contributed by atoms with Gasteiger partial charge in [-0.2, -0.15) is 0 Å².